The lowest BCUT2D eigenvalue weighted by Gasteiger charge is -2.27. The van der Waals surface area contributed by atoms with E-state index >= 15 is 0 Å². The van der Waals surface area contributed by atoms with Gasteiger partial charge in [-0.15, -0.1) is 5.10 Å². The van der Waals surface area contributed by atoms with Gasteiger partial charge in [-0.05, 0) is 70.6 Å². The van der Waals surface area contributed by atoms with E-state index in [1.165, 1.54) is 0 Å². The van der Waals surface area contributed by atoms with Crippen LogP contribution in [0.5, 0.6) is 5.75 Å². The Morgan fingerprint density at radius 1 is 1.03 bits per heavy atom. The van der Waals surface area contributed by atoms with Crippen LogP contribution in [0.3, 0.4) is 0 Å². The molecule has 9 heteroatoms. The first kappa shape index (κ1) is 24.9. The van der Waals surface area contributed by atoms with Gasteiger partial charge in [0.25, 0.3) is 0 Å². The summed E-state index contributed by atoms with van der Waals surface area (Å²) < 4.78 is 11.7. The molecule has 188 valence electrons. The molecule has 2 atom stereocenters. The van der Waals surface area contributed by atoms with E-state index in [1.54, 1.807) is 11.9 Å². The van der Waals surface area contributed by atoms with Gasteiger partial charge in [0.1, 0.15) is 18.1 Å². The molecule has 0 saturated heterocycles. The summed E-state index contributed by atoms with van der Waals surface area (Å²) in [6.45, 7) is 3.82. The zero-order chi connectivity index (χ0) is 24.9. The van der Waals surface area contributed by atoms with Crippen LogP contribution in [0, 0.1) is 19.8 Å². The van der Waals surface area contributed by atoms with Crippen LogP contribution in [0.4, 0.5) is 4.79 Å². The van der Waals surface area contributed by atoms with E-state index in [0.29, 0.717) is 41.4 Å². The van der Waals surface area contributed by atoms with E-state index in [-0.39, 0.29) is 30.8 Å². The number of aryl methyl sites for hydroxylation is 2. The molecular weight excluding hydrogens is 448 g/mol. The van der Waals surface area contributed by atoms with Crippen LogP contribution in [0.2, 0.25) is 0 Å². The second kappa shape index (κ2) is 11.0. The molecule has 1 amide bonds. The van der Waals surface area contributed by atoms with Crippen molar-refractivity contribution in [1.29, 1.82) is 0 Å². The Balaban J connectivity index is 1.41. The van der Waals surface area contributed by atoms with E-state index in [9.17, 15) is 14.7 Å². The van der Waals surface area contributed by atoms with Crippen molar-refractivity contribution in [2.45, 2.75) is 84.0 Å². The SMILES string of the molecule is Cc1nnc(-c2ccc(O[C@H]3CCC[C@H](C(=O)O)C3)c(C)n2)cc1COC(=O)N(C)C1CCCC1. The normalized spacial score (nSPS) is 20.4. The molecule has 35 heavy (non-hydrogen) atoms. The Kier molecular flexibility index (Phi) is 7.83. The first-order chi connectivity index (χ1) is 16.8. The maximum atomic E-state index is 12.5. The standard InChI is InChI=1S/C26H34N4O5/c1-16-19(15-34-26(33)30(3)20-8-4-5-9-20)14-23(29-28-16)22-11-12-24(17(2)27-22)35-21-10-6-7-18(13-21)25(31)32/h11-12,14,18,20-21H,4-10,13,15H2,1-3H3,(H,31,32)/t18-,21-/m0/s1. The number of nitrogens with zero attached hydrogens (tertiary/aromatic N) is 4. The van der Waals surface area contributed by atoms with Crippen LogP contribution in [0.25, 0.3) is 11.4 Å². The fourth-order valence-electron chi connectivity index (χ4n) is 4.92. The quantitative estimate of drug-likeness (QED) is 0.604. The zero-order valence-electron chi connectivity index (χ0n) is 20.7. The molecule has 0 spiro atoms. The van der Waals surface area contributed by atoms with Crippen molar-refractivity contribution in [3.05, 3.63) is 35.2 Å². The number of carboxylic acid groups (broad SMARTS) is 1. The smallest absolute Gasteiger partial charge is 0.410 e. The highest BCUT2D eigenvalue weighted by Gasteiger charge is 2.28. The molecule has 4 rings (SSSR count). The van der Waals surface area contributed by atoms with Crippen molar-refractivity contribution in [2.24, 2.45) is 5.92 Å². The summed E-state index contributed by atoms with van der Waals surface area (Å²) in [7, 11) is 1.80. The molecular formula is C26H34N4O5. The minimum absolute atomic E-state index is 0.122. The summed E-state index contributed by atoms with van der Waals surface area (Å²) >= 11 is 0. The average Bonchev–Trinajstić information content (AvgIpc) is 3.39. The van der Waals surface area contributed by atoms with Crippen LogP contribution < -0.4 is 4.74 Å². The van der Waals surface area contributed by atoms with Crippen LogP contribution in [-0.4, -0.2) is 56.4 Å². The van der Waals surface area contributed by atoms with E-state index < -0.39 is 5.97 Å². The number of aliphatic carboxylic acids is 1. The van der Waals surface area contributed by atoms with Crippen molar-refractivity contribution >= 4 is 12.1 Å². The highest BCUT2D eigenvalue weighted by molar-refractivity contribution is 5.70. The molecule has 0 aromatic carbocycles. The summed E-state index contributed by atoms with van der Waals surface area (Å²) in [6, 6.07) is 5.78. The fourth-order valence-corrected chi connectivity index (χ4v) is 4.92. The lowest BCUT2D eigenvalue weighted by molar-refractivity contribution is -0.143. The van der Waals surface area contributed by atoms with Gasteiger partial charge < -0.3 is 19.5 Å². The predicted molar refractivity (Wildman–Crippen MR) is 129 cm³/mol. The van der Waals surface area contributed by atoms with Gasteiger partial charge in [0.05, 0.1) is 29.1 Å². The lowest BCUT2D eigenvalue weighted by atomic mass is 9.87. The summed E-state index contributed by atoms with van der Waals surface area (Å²) in [6.07, 6.45) is 6.80. The molecule has 2 aromatic heterocycles. The Morgan fingerprint density at radius 3 is 2.51 bits per heavy atom. The second-order valence-corrected chi connectivity index (χ2v) is 9.67. The molecule has 2 aliphatic rings. The van der Waals surface area contributed by atoms with Crippen molar-refractivity contribution in [3.63, 3.8) is 0 Å². The molecule has 2 fully saturated rings. The largest absolute Gasteiger partial charge is 0.489 e. The van der Waals surface area contributed by atoms with Gasteiger partial charge in [-0.3, -0.25) is 4.79 Å². The van der Waals surface area contributed by atoms with E-state index in [2.05, 4.69) is 15.2 Å². The van der Waals surface area contributed by atoms with E-state index in [4.69, 9.17) is 9.47 Å². The van der Waals surface area contributed by atoms with Gasteiger partial charge in [-0.1, -0.05) is 12.8 Å². The Bertz CT molecular complexity index is 1070. The van der Waals surface area contributed by atoms with Gasteiger partial charge in [0.2, 0.25) is 0 Å². The van der Waals surface area contributed by atoms with Crippen molar-refractivity contribution in [1.82, 2.24) is 20.1 Å². The van der Waals surface area contributed by atoms with Crippen molar-refractivity contribution < 1.29 is 24.2 Å². The number of aromatic nitrogens is 3. The number of ether oxygens (including phenoxy) is 2. The minimum atomic E-state index is -0.756. The highest BCUT2D eigenvalue weighted by Crippen LogP contribution is 2.30. The number of amides is 1. The summed E-state index contributed by atoms with van der Waals surface area (Å²) in [4.78, 5) is 30.2. The number of pyridine rings is 1. The molecule has 2 aromatic rings. The molecule has 1 N–H and O–H groups in total. The Hall–Kier alpha value is -3.23. The first-order valence-electron chi connectivity index (χ1n) is 12.4. The summed E-state index contributed by atoms with van der Waals surface area (Å²) in [5.74, 6) is -0.461. The van der Waals surface area contributed by atoms with Crippen LogP contribution >= 0.6 is 0 Å². The van der Waals surface area contributed by atoms with Gasteiger partial charge in [-0.2, -0.15) is 5.10 Å². The average molecular weight is 483 g/mol. The minimum Gasteiger partial charge on any atom is -0.489 e. The second-order valence-electron chi connectivity index (χ2n) is 9.67. The summed E-state index contributed by atoms with van der Waals surface area (Å²) in [5.41, 5.74) is 3.42. The number of hydrogen-bond donors (Lipinski definition) is 1. The molecule has 2 saturated carbocycles. The number of carboxylic acids is 1. The molecule has 0 bridgehead atoms. The third-order valence-corrected chi connectivity index (χ3v) is 7.16. The molecule has 0 aliphatic heterocycles. The van der Waals surface area contributed by atoms with Gasteiger partial charge >= 0.3 is 12.1 Å². The van der Waals surface area contributed by atoms with Gasteiger partial charge in [0.15, 0.2) is 0 Å². The fraction of sp³-hybridized carbons (Fsp3) is 0.577. The van der Waals surface area contributed by atoms with Gasteiger partial charge in [0, 0.05) is 18.7 Å². The monoisotopic (exact) mass is 482 g/mol. The molecule has 2 heterocycles. The highest BCUT2D eigenvalue weighted by atomic mass is 16.6. The number of rotatable bonds is 7. The maximum Gasteiger partial charge on any atom is 0.410 e. The first-order valence-corrected chi connectivity index (χ1v) is 12.4. The van der Waals surface area contributed by atoms with Crippen LogP contribution in [-0.2, 0) is 16.1 Å². The third kappa shape index (κ3) is 6.07. The number of carbonyl (C=O) groups is 2. The Labute approximate surface area is 205 Å². The lowest BCUT2D eigenvalue weighted by Crippen LogP contribution is -2.35. The molecule has 9 nitrogen and oxygen atoms in total. The van der Waals surface area contributed by atoms with Crippen molar-refractivity contribution in [3.8, 4) is 17.1 Å². The zero-order valence-corrected chi connectivity index (χ0v) is 20.7. The topological polar surface area (TPSA) is 115 Å². The number of hydrogen-bond acceptors (Lipinski definition) is 7. The van der Waals surface area contributed by atoms with E-state index in [1.807, 2.05) is 32.0 Å². The summed E-state index contributed by atoms with van der Waals surface area (Å²) in [5, 5.41) is 17.8. The van der Waals surface area contributed by atoms with Crippen LogP contribution in [0.1, 0.15) is 68.3 Å². The van der Waals surface area contributed by atoms with E-state index in [0.717, 1.165) is 44.1 Å². The van der Waals surface area contributed by atoms with Crippen molar-refractivity contribution in [2.75, 3.05) is 7.05 Å². The molecule has 0 radical (unpaired) electrons. The van der Waals surface area contributed by atoms with Crippen LogP contribution in [0.15, 0.2) is 18.2 Å². The maximum absolute atomic E-state index is 12.5. The molecule has 2 aliphatic carbocycles. The third-order valence-electron chi connectivity index (χ3n) is 7.16. The van der Waals surface area contributed by atoms with Gasteiger partial charge in [-0.25, -0.2) is 9.78 Å². The number of carbonyl (C=O) groups excluding carboxylic acids is 1. The predicted octanol–water partition coefficient (Wildman–Crippen LogP) is 4.69. The molecule has 0 unspecified atom stereocenters. The Morgan fingerprint density at radius 2 is 1.80 bits per heavy atom.